The minimum absolute atomic E-state index is 0.191. The van der Waals surface area contributed by atoms with Gasteiger partial charge in [-0.25, -0.2) is 9.89 Å². The van der Waals surface area contributed by atoms with Crippen LogP contribution in [0, 0.1) is 13.8 Å². The number of anilines is 1. The fourth-order valence-electron chi connectivity index (χ4n) is 4.91. The molecule has 0 bridgehead atoms. The number of aromatic amines is 2. The molecule has 1 saturated heterocycles. The summed E-state index contributed by atoms with van der Waals surface area (Å²) in [5.74, 6) is -2.58. The SMILES string of the molecule is Cc1cc(C)cc(-c2c(OCCC3CCCCN3)c3cc(C(=O)Nc4ncn[nH]4)c(Cl)cc3[nH]c2=O)c1.O=C(O)C(F)(F)F. The van der Waals surface area contributed by atoms with Crippen molar-refractivity contribution in [3.05, 3.63) is 68.7 Å². The number of halogens is 4. The Kier molecular flexibility index (Phi) is 10.3. The van der Waals surface area contributed by atoms with Gasteiger partial charge in [-0.05, 0) is 57.4 Å². The molecule has 234 valence electrons. The summed E-state index contributed by atoms with van der Waals surface area (Å²) in [5.41, 5.74) is 3.70. The second-order valence-electron chi connectivity index (χ2n) is 10.3. The van der Waals surface area contributed by atoms with E-state index in [4.69, 9.17) is 26.2 Å². The Labute approximate surface area is 254 Å². The highest BCUT2D eigenvalue weighted by molar-refractivity contribution is 6.35. The molecule has 3 heterocycles. The van der Waals surface area contributed by atoms with Gasteiger partial charge in [-0.15, -0.1) is 0 Å². The van der Waals surface area contributed by atoms with E-state index in [2.05, 4.69) is 36.9 Å². The first-order valence-corrected chi connectivity index (χ1v) is 14.0. The predicted molar refractivity (Wildman–Crippen MR) is 158 cm³/mol. The van der Waals surface area contributed by atoms with E-state index in [0.717, 1.165) is 36.1 Å². The van der Waals surface area contributed by atoms with Gasteiger partial charge in [0.15, 0.2) is 0 Å². The Morgan fingerprint density at radius 2 is 1.84 bits per heavy atom. The van der Waals surface area contributed by atoms with Crippen molar-refractivity contribution >= 4 is 40.3 Å². The number of fused-ring (bicyclic) bond motifs is 1. The van der Waals surface area contributed by atoms with E-state index >= 15 is 0 Å². The third-order valence-electron chi connectivity index (χ3n) is 6.82. The van der Waals surface area contributed by atoms with Crippen LogP contribution in [0.25, 0.3) is 22.0 Å². The molecule has 1 aliphatic rings. The van der Waals surface area contributed by atoms with Crippen LogP contribution in [0.1, 0.15) is 47.2 Å². The van der Waals surface area contributed by atoms with Crippen molar-refractivity contribution in [2.24, 2.45) is 0 Å². The van der Waals surface area contributed by atoms with Gasteiger partial charge in [-0.3, -0.25) is 14.9 Å². The van der Waals surface area contributed by atoms with Gasteiger partial charge in [0.2, 0.25) is 5.95 Å². The first-order valence-electron chi connectivity index (χ1n) is 13.6. The van der Waals surface area contributed by atoms with Crippen molar-refractivity contribution < 1.29 is 32.6 Å². The summed E-state index contributed by atoms with van der Waals surface area (Å²) < 4.78 is 38.1. The number of nitrogens with zero attached hydrogens (tertiary/aromatic N) is 2. The molecule has 11 nitrogen and oxygen atoms in total. The molecule has 4 aromatic rings. The molecule has 44 heavy (non-hydrogen) atoms. The van der Waals surface area contributed by atoms with Crippen molar-refractivity contribution in [2.45, 2.75) is 51.7 Å². The number of benzene rings is 2. The molecule has 1 atom stereocenters. The fourth-order valence-corrected chi connectivity index (χ4v) is 5.16. The number of carboxylic acids is 1. The highest BCUT2D eigenvalue weighted by Crippen LogP contribution is 2.37. The molecule has 2 aromatic carbocycles. The minimum atomic E-state index is -5.08. The highest BCUT2D eigenvalue weighted by atomic mass is 35.5. The summed E-state index contributed by atoms with van der Waals surface area (Å²) in [4.78, 5) is 42.2. The van der Waals surface area contributed by atoms with Crippen LogP contribution in [-0.4, -0.2) is 62.5 Å². The number of alkyl halides is 3. The molecule has 1 amide bonds. The number of carbonyl (C=O) groups excluding carboxylic acids is 1. The van der Waals surface area contributed by atoms with E-state index in [1.807, 2.05) is 26.0 Å². The number of carbonyl (C=O) groups is 2. The third-order valence-corrected chi connectivity index (χ3v) is 7.14. The van der Waals surface area contributed by atoms with Gasteiger partial charge in [0.1, 0.15) is 12.1 Å². The molecule has 0 saturated carbocycles. The maximum absolute atomic E-state index is 13.4. The van der Waals surface area contributed by atoms with Gasteiger partial charge in [-0.2, -0.15) is 23.3 Å². The lowest BCUT2D eigenvalue weighted by molar-refractivity contribution is -0.192. The highest BCUT2D eigenvalue weighted by Gasteiger charge is 2.38. The van der Waals surface area contributed by atoms with E-state index in [9.17, 15) is 22.8 Å². The summed E-state index contributed by atoms with van der Waals surface area (Å²) in [5, 5.41) is 20.4. The molecular weight excluding hydrogens is 605 g/mol. The molecule has 0 aliphatic carbocycles. The Hall–Kier alpha value is -4.43. The van der Waals surface area contributed by atoms with Crippen molar-refractivity contribution in [3.8, 4) is 16.9 Å². The zero-order chi connectivity index (χ0) is 32.0. The van der Waals surface area contributed by atoms with Crippen LogP contribution in [-0.2, 0) is 4.79 Å². The summed E-state index contributed by atoms with van der Waals surface area (Å²) in [6, 6.07) is 9.59. The van der Waals surface area contributed by atoms with Gasteiger partial charge < -0.3 is 20.1 Å². The Balaban J connectivity index is 0.000000566. The maximum atomic E-state index is 13.4. The van der Waals surface area contributed by atoms with Crippen LogP contribution >= 0.6 is 11.6 Å². The molecule has 5 rings (SSSR count). The van der Waals surface area contributed by atoms with Crippen LogP contribution in [0.3, 0.4) is 0 Å². The fraction of sp³-hybridized carbons (Fsp3) is 0.345. The number of carboxylic acid groups (broad SMARTS) is 1. The van der Waals surface area contributed by atoms with E-state index in [1.54, 1.807) is 12.1 Å². The topological polar surface area (TPSA) is 162 Å². The van der Waals surface area contributed by atoms with Crippen molar-refractivity contribution in [3.63, 3.8) is 0 Å². The summed E-state index contributed by atoms with van der Waals surface area (Å²) in [6.45, 7) is 5.42. The number of aliphatic carboxylic acids is 1. The van der Waals surface area contributed by atoms with Crippen molar-refractivity contribution in [1.29, 1.82) is 0 Å². The Morgan fingerprint density at radius 3 is 2.43 bits per heavy atom. The number of amides is 1. The van der Waals surface area contributed by atoms with E-state index < -0.39 is 18.1 Å². The Morgan fingerprint density at radius 1 is 1.14 bits per heavy atom. The van der Waals surface area contributed by atoms with Gasteiger partial charge in [0.25, 0.3) is 11.5 Å². The number of nitrogens with one attached hydrogen (secondary N) is 4. The molecule has 1 aliphatic heterocycles. The van der Waals surface area contributed by atoms with Gasteiger partial charge in [-0.1, -0.05) is 47.3 Å². The van der Waals surface area contributed by atoms with Crippen molar-refractivity contribution in [2.75, 3.05) is 18.5 Å². The van der Waals surface area contributed by atoms with Crippen molar-refractivity contribution in [1.82, 2.24) is 25.5 Å². The number of aromatic nitrogens is 4. The number of piperidine rings is 1. The first kappa shape index (κ1) is 32.5. The molecule has 1 unspecified atom stereocenters. The van der Waals surface area contributed by atoms with Crippen LogP contribution in [0.2, 0.25) is 5.02 Å². The lowest BCUT2D eigenvalue weighted by atomic mass is 9.98. The monoisotopic (exact) mass is 634 g/mol. The smallest absolute Gasteiger partial charge is 0.490 e. The second-order valence-corrected chi connectivity index (χ2v) is 10.7. The number of aryl methyl sites for hydroxylation is 2. The largest absolute Gasteiger partial charge is 0.492 e. The summed E-state index contributed by atoms with van der Waals surface area (Å²) in [6.07, 6.45) is 0.512. The molecule has 1 fully saturated rings. The van der Waals surface area contributed by atoms with Crippen LogP contribution in [0.4, 0.5) is 19.1 Å². The van der Waals surface area contributed by atoms with E-state index in [-0.39, 0.29) is 22.1 Å². The van der Waals surface area contributed by atoms with Gasteiger partial charge >= 0.3 is 12.1 Å². The number of rotatable bonds is 7. The number of pyridine rings is 1. The zero-order valence-electron chi connectivity index (χ0n) is 23.8. The minimum Gasteiger partial charge on any atom is -0.492 e. The molecule has 5 N–H and O–H groups in total. The normalized spacial score (nSPS) is 14.9. The van der Waals surface area contributed by atoms with E-state index in [0.29, 0.717) is 34.9 Å². The van der Waals surface area contributed by atoms with Crippen LogP contribution in [0.5, 0.6) is 5.75 Å². The Bertz CT molecular complexity index is 1680. The predicted octanol–water partition coefficient (Wildman–Crippen LogP) is 5.38. The molecule has 0 radical (unpaired) electrons. The van der Waals surface area contributed by atoms with E-state index in [1.165, 1.54) is 19.2 Å². The number of hydrogen-bond acceptors (Lipinski definition) is 7. The molecule has 15 heteroatoms. The average molecular weight is 635 g/mol. The standard InChI is InChI=1S/C27H29ClN6O3.C2HF3O2/c1-15-9-16(2)11-17(10-15)23-24(37-8-6-18-5-3-4-7-29-18)20-12-19(21(28)13-22(20)32-26(23)36)25(35)33-27-30-14-31-34-27;3-2(4,5)1(6)7/h9-14,18,29H,3-8H2,1-2H3,(H,32,36)(H2,30,31,33,34,35);(H,6,7). The number of ether oxygens (including phenoxy) is 1. The number of hydrogen-bond donors (Lipinski definition) is 5. The average Bonchev–Trinajstić information content (AvgIpc) is 3.45. The third kappa shape index (κ3) is 8.14. The van der Waals surface area contributed by atoms with Crippen LogP contribution < -0.4 is 20.9 Å². The van der Waals surface area contributed by atoms with Crippen LogP contribution in [0.15, 0.2) is 41.5 Å². The summed E-state index contributed by atoms with van der Waals surface area (Å²) in [7, 11) is 0. The maximum Gasteiger partial charge on any atom is 0.490 e. The van der Waals surface area contributed by atoms with Gasteiger partial charge in [0, 0.05) is 11.4 Å². The molecular formula is C29H30ClF3N6O5. The first-order chi connectivity index (χ1) is 20.8. The second kappa shape index (κ2) is 13.9. The molecule has 0 spiro atoms. The lowest BCUT2D eigenvalue weighted by Crippen LogP contribution is -2.35. The zero-order valence-corrected chi connectivity index (χ0v) is 24.5. The lowest BCUT2D eigenvalue weighted by Gasteiger charge is -2.24. The molecule has 2 aromatic heterocycles. The van der Waals surface area contributed by atoms with Gasteiger partial charge in [0.05, 0.1) is 28.3 Å². The number of H-pyrrole nitrogens is 2. The summed E-state index contributed by atoms with van der Waals surface area (Å²) >= 11 is 6.47. The quantitative estimate of drug-likeness (QED) is 0.181.